The Balaban J connectivity index is 2.31. The van der Waals surface area contributed by atoms with Crippen LogP contribution in [0.3, 0.4) is 0 Å². The van der Waals surface area contributed by atoms with Crippen LogP contribution in [0.25, 0.3) is 0 Å². The van der Waals surface area contributed by atoms with Gasteiger partial charge in [-0.1, -0.05) is 18.2 Å². The topological polar surface area (TPSA) is 23.8 Å². The molecular weight excluding hydrogens is 194 g/mol. The number of benzene rings is 1. The molecular formula is C15H17N. The van der Waals surface area contributed by atoms with E-state index < -0.39 is 18.7 Å². The van der Waals surface area contributed by atoms with Gasteiger partial charge >= 0.3 is 0 Å². The summed E-state index contributed by atoms with van der Waals surface area (Å²) in [4.78, 5) is 0. The first-order valence-electron chi connectivity index (χ1n) is 7.43. The van der Waals surface area contributed by atoms with E-state index in [-0.39, 0.29) is 18.8 Å². The maximum atomic E-state index is 8.79. The zero-order valence-electron chi connectivity index (χ0n) is 13.1. The van der Waals surface area contributed by atoms with Crippen LogP contribution in [-0.4, -0.2) is 0 Å². The molecule has 0 atom stereocenters. The Bertz CT molecular complexity index is 524. The van der Waals surface area contributed by atoms with Crippen LogP contribution in [0.15, 0.2) is 36.9 Å². The highest BCUT2D eigenvalue weighted by Gasteiger charge is 2.20. The van der Waals surface area contributed by atoms with Crippen LogP contribution in [0.1, 0.15) is 48.1 Å². The summed E-state index contributed by atoms with van der Waals surface area (Å²) < 4.78 is 32.4. The molecule has 0 heterocycles. The third kappa shape index (κ3) is 2.33. The number of allylic oxidation sites excluding steroid dienone is 1. The molecule has 0 saturated heterocycles. The van der Waals surface area contributed by atoms with Crippen molar-refractivity contribution in [2.75, 3.05) is 0 Å². The Kier molecular flexibility index (Phi) is 2.15. The number of hydrogen-bond acceptors (Lipinski definition) is 1. The van der Waals surface area contributed by atoms with E-state index in [1.807, 2.05) is 6.07 Å². The summed E-state index contributed by atoms with van der Waals surface area (Å²) in [6, 6.07) is 9.02. The molecule has 1 aromatic rings. The molecule has 0 aliphatic heterocycles. The average molecular weight is 215 g/mol. The molecule has 1 aromatic carbocycles. The van der Waals surface area contributed by atoms with Gasteiger partial charge in [-0.25, -0.2) is 0 Å². The Morgan fingerprint density at radius 3 is 2.44 bits per heavy atom. The van der Waals surface area contributed by atoms with Crippen molar-refractivity contribution in [2.45, 2.75) is 31.5 Å². The Morgan fingerprint density at radius 2 is 1.94 bits per heavy atom. The number of hydrogen-bond donors (Lipinski definition) is 0. The van der Waals surface area contributed by atoms with Gasteiger partial charge in [0.1, 0.15) is 0 Å². The fraction of sp³-hybridized carbons (Fsp3) is 0.400. The quantitative estimate of drug-likeness (QED) is 0.684. The molecule has 0 radical (unpaired) electrons. The minimum Gasteiger partial charge on any atom is -0.192 e. The fourth-order valence-electron chi connectivity index (χ4n) is 1.91. The van der Waals surface area contributed by atoms with E-state index in [9.17, 15) is 0 Å². The standard InChI is InChI=1S/C15H17N/c1-2-12-3-7-14(8-4-12)15-9-5-13(11-16)6-10-15/h2,5-6,9-10,12,14H,1,3-4,7-8H2/t12-,14-/i3D2,4D2. The highest BCUT2D eigenvalue weighted by atomic mass is 14.3. The summed E-state index contributed by atoms with van der Waals surface area (Å²) >= 11 is 0. The number of rotatable bonds is 2. The molecule has 0 bridgehead atoms. The van der Waals surface area contributed by atoms with Crippen molar-refractivity contribution in [2.24, 2.45) is 5.92 Å². The molecule has 1 nitrogen and oxygen atoms in total. The average Bonchev–Trinajstić information content (AvgIpc) is 2.36. The largest absolute Gasteiger partial charge is 0.192 e. The lowest BCUT2D eigenvalue weighted by atomic mass is 9.79. The normalized spacial score (nSPS) is 34.7. The van der Waals surface area contributed by atoms with Gasteiger partial charge in [-0.15, -0.1) is 6.58 Å². The Hall–Kier alpha value is -1.55. The molecule has 1 aliphatic carbocycles. The van der Waals surface area contributed by atoms with E-state index in [0.29, 0.717) is 5.56 Å². The summed E-state index contributed by atoms with van der Waals surface area (Å²) in [7, 11) is 0. The molecule has 1 heteroatoms. The maximum absolute atomic E-state index is 8.79. The monoisotopic (exact) mass is 215 g/mol. The van der Waals surface area contributed by atoms with Crippen LogP contribution in [-0.2, 0) is 0 Å². The highest BCUT2D eigenvalue weighted by molar-refractivity contribution is 5.33. The molecule has 0 spiro atoms. The smallest absolute Gasteiger partial charge is 0.0991 e. The summed E-state index contributed by atoms with van der Waals surface area (Å²) in [5, 5.41) is 8.79. The van der Waals surface area contributed by atoms with Crippen LogP contribution in [0, 0.1) is 17.2 Å². The maximum Gasteiger partial charge on any atom is 0.0991 e. The summed E-state index contributed by atoms with van der Waals surface area (Å²) in [5.74, 6) is -0.964. The van der Waals surface area contributed by atoms with Crippen molar-refractivity contribution in [1.82, 2.24) is 0 Å². The van der Waals surface area contributed by atoms with Crippen LogP contribution >= 0.6 is 0 Å². The van der Waals surface area contributed by atoms with E-state index in [1.54, 1.807) is 24.3 Å². The van der Waals surface area contributed by atoms with Gasteiger partial charge in [0.15, 0.2) is 0 Å². The van der Waals surface area contributed by atoms with Gasteiger partial charge in [-0.3, -0.25) is 0 Å². The summed E-state index contributed by atoms with van der Waals surface area (Å²) in [6.07, 6.45) is -1.27. The zero-order chi connectivity index (χ0) is 15.0. The zero-order valence-corrected chi connectivity index (χ0v) is 9.11. The van der Waals surface area contributed by atoms with Crippen molar-refractivity contribution in [3.05, 3.63) is 48.0 Å². The molecule has 1 saturated carbocycles. The SMILES string of the molecule is [2H]C1([2H])C[C@H](c2ccc(C#N)cc2)CC([2H])([2H])[C@H]1C=C. The van der Waals surface area contributed by atoms with Gasteiger partial charge in [-0.05, 0) is 55.1 Å². The minimum atomic E-state index is -1.61. The number of nitrogens with zero attached hydrogens (tertiary/aromatic N) is 1. The van der Waals surface area contributed by atoms with Crippen molar-refractivity contribution >= 4 is 0 Å². The fourth-order valence-corrected chi connectivity index (χ4v) is 1.91. The second kappa shape index (κ2) is 4.99. The second-order valence-corrected chi connectivity index (χ2v) is 3.96. The van der Waals surface area contributed by atoms with Gasteiger partial charge in [-0.2, -0.15) is 5.26 Å². The molecule has 82 valence electrons. The number of nitriles is 1. The van der Waals surface area contributed by atoms with Crippen molar-refractivity contribution < 1.29 is 5.48 Å². The van der Waals surface area contributed by atoms with Gasteiger partial charge in [0.2, 0.25) is 0 Å². The highest BCUT2D eigenvalue weighted by Crippen LogP contribution is 2.35. The van der Waals surface area contributed by atoms with E-state index in [4.69, 9.17) is 10.7 Å². The molecule has 16 heavy (non-hydrogen) atoms. The van der Waals surface area contributed by atoms with E-state index >= 15 is 0 Å². The molecule has 0 amide bonds. The first-order valence-corrected chi connectivity index (χ1v) is 5.43. The molecule has 0 aromatic heterocycles. The van der Waals surface area contributed by atoms with E-state index in [0.717, 1.165) is 5.56 Å². The third-order valence-corrected chi connectivity index (χ3v) is 2.92. The first-order chi connectivity index (χ1) is 9.30. The van der Waals surface area contributed by atoms with Crippen LogP contribution < -0.4 is 0 Å². The molecule has 0 unspecified atom stereocenters. The van der Waals surface area contributed by atoms with Crippen molar-refractivity contribution in [1.29, 1.82) is 5.26 Å². The van der Waals surface area contributed by atoms with Crippen LogP contribution in [0.4, 0.5) is 0 Å². The van der Waals surface area contributed by atoms with Gasteiger partial charge in [0.25, 0.3) is 0 Å². The lowest BCUT2D eigenvalue weighted by Gasteiger charge is -2.26. The van der Waals surface area contributed by atoms with E-state index in [1.165, 1.54) is 6.08 Å². The first kappa shape index (κ1) is 6.91. The van der Waals surface area contributed by atoms with Crippen molar-refractivity contribution in [3.8, 4) is 6.07 Å². The van der Waals surface area contributed by atoms with Crippen molar-refractivity contribution in [3.63, 3.8) is 0 Å². The summed E-state index contributed by atoms with van der Waals surface area (Å²) in [5.41, 5.74) is 1.44. The minimum absolute atomic E-state index is 0.177. The Morgan fingerprint density at radius 1 is 1.31 bits per heavy atom. The lowest BCUT2D eigenvalue weighted by molar-refractivity contribution is 0.376. The van der Waals surface area contributed by atoms with E-state index in [2.05, 4.69) is 6.58 Å². The lowest BCUT2D eigenvalue weighted by Crippen LogP contribution is -2.11. The Labute approximate surface area is 103 Å². The molecule has 1 fully saturated rings. The van der Waals surface area contributed by atoms with Gasteiger partial charge in [0.05, 0.1) is 11.6 Å². The molecule has 1 aliphatic rings. The predicted octanol–water partition coefficient (Wildman–Crippen LogP) is 4.02. The second-order valence-electron chi connectivity index (χ2n) is 3.96. The summed E-state index contributed by atoms with van der Waals surface area (Å²) in [6.45, 7) is 3.58. The van der Waals surface area contributed by atoms with Crippen LogP contribution in [0.2, 0.25) is 0 Å². The molecule has 2 rings (SSSR count). The third-order valence-electron chi connectivity index (χ3n) is 2.92. The molecule has 0 N–H and O–H groups in total. The van der Waals surface area contributed by atoms with Gasteiger partial charge in [0, 0.05) is 5.48 Å². The van der Waals surface area contributed by atoms with Gasteiger partial charge < -0.3 is 0 Å². The predicted molar refractivity (Wildman–Crippen MR) is 66.1 cm³/mol. The van der Waals surface area contributed by atoms with Crippen LogP contribution in [0.5, 0.6) is 0 Å².